The zero-order valence-electron chi connectivity index (χ0n) is 10.2. The molecular weight excluding hydrogens is 186 g/mol. The summed E-state index contributed by atoms with van der Waals surface area (Å²) in [5.41, 5.74) is 0. The van der Waals surface area contributed by atoms with Crippen LogP contribution in [0.3, 0.4) is 0 Å². The molecule has 0 aromatic carbocycles. The minimum absolute atomic E-state index is 0.481. The number of hydrogen-bond acceptors (Lipinski definition) is 2. The van der Waals surface area contributed by atoms with Gasteiger partial charge < -0.3 is 10.1 Å². The zero-order chi connectivity index (χ0) is 10.7. The van der Waals surface area contributed by atoms with Gasteiger partial charge in [-0.15, -0.1) is 0 Å². The summed E-state index contributed by atoms with van der Waals surface area (Å²) in [6.07, 6.45) is 8.93. The molecule has 1 aliphatic heterocycles. The first kappa shape index (κ1) is 11.4. The fraction of sp³-hybridized carbons (Fsp3) is 1.00. The summed E-state index contributed by atoms with van der Waals surface area (Å²) in [6.45, 7) is 3.17. The molecule has 0 spiro atoms. The van der Waals surface area contributed by atoms with Crippen LogP contribution in [-0.4, -0.2) is 25.8 Å². The summed E-state index contributed by atoms with van der Waals surface area (Å²) in [7, 11) is 2.11. The van der Waals surface area contributed by atoms with Crippen LogP contribution >= 0.6 is 0 Å². The molecule has 1 N–H and O–H groups in total. The fourth-order valence-electron chi connectivity index (χ4n) is 3.28. The van der Waals surface area contributed by atoms with Gasteiger partial charge in [0.05, 0.1) is 12.7 Å². The normalized spacial score (nSPS) is 34.8. The van der Waals surface area contributed by atoms with Gasteiger partial charge in [-0.05, 0) is 32.7 Å². The molecule has 1 heterocycles. The second kappa shape index (κ2) is 5.31. The highest BCUT2D eigenvalue weighted by Crippen LogP contribution is 2.32. The van der Waals surface area contributed by atoms with Crippen LogP contribution < -0.4 is 5.32 Å². The monoisotopic (exact) mass is 211 g/mol. The lowest BCUT2D eigenvalue weighted by Gasteiger charge is -2.24. The summed E-state index contributed by atoms with van der Waals surface area (Å²) in [5.74, 6) is 1.74. The molecule has 1 saturated carbocycles. The summed E-state index contributed by atoms with van der Waals surface area (Å²) in [6, 6.07) is 0.693. The van der Waals surface area contributed by atoms with Crippen LogP contribution in [0.2, 0.25) is 0 Å². The maximum Gasteiger partial charge on any atom is 0.0551 e. The third kappa shape index (κ3) is 2.94. The predicted molar refractivity (Wildman–Crippen MR) is 62.9 cm³/mol. The molecule has 2 heteroatoms. The van der Waals surface area contributed by atoms with Crippen molar-refractivity contribution in [3.8, 4) is 0 Å². The van der Waals surface area contributed by atoms with Crippen LogP contribution in [0.15, 0.2) is 0 Å². The quantitative estimate of drug-likeness (QED) is 0.771. The zero-order valence-corrected chi connectivity index (χ0v) is 10.2. The maximum absolute atomic E-state index is 5.67. The average molecular weight is 211 g/mol. The van der Waals surface area contributed by atoms with E-state index in [0.29, 0.717) is 12.1 Å². The number of ether oxygens (including phenoxy) is 1. The van der Waals surface area contributed by atoms with Gasteiger partial charge >= 0.3 is 0 Å². The van der Waals surface area contributed by atoms with Crippen molar-refractivity contribution in [1.29, 1.82) is 0 Å². The highest BCUT2D eigenvalue weighted by molar-refractivity contribution is 4.84. The molecule has 3 atom stereocenters. The van der Waals surface area contributed by atoms with Crippen molar-refractivity contribution in [1.82, 2.24) is 5.32 Å². The molecule has 2 nitrogen and oxygen atoms in total. The van der Waals surface area contributed by atoms with Crippen LogP contribution in [0.1, 0.15) is 45.4 Å². The second-order valence-corrected chi connectivity index (χ2v) is 5.42. The Balaban J connectivity index is 1.80. The van der Waals surface area contributed by atoms with Gasteiger partial charge in [-0.3, -0.25) is 0 Å². The number of hydrogen-bond donors (Lipinski definition) is 1. The summed E-state index contributed by atoms with van der Waals surface area (Å²) in [4.78, 5) is 0. The van der Waals surface area contributed by atoms with Crippen molar-refractivity contribution >= 4 is 0 Å². The van der Waals surface area contributed by atoms with E-state index in [0.717, 1.165) is 18.4 Å². The van der Waals surface area contributed by atoms with Gasteiger partial charge in [-0.1, -0.05) is 25.7 Å². The molecular formula is C13H25NO. The van der Waals surface area contributed by atoms with E-state index in [4.69, 9.17) is 4.74 Å². The van der Waals surface area contributed by atoms with Crippen molar-refractivity contribution in [2.75, 3.05) is 13.7 Å². The molecule has 1 aliphatic carbocycles. The Morgan fingerprint density at radius 1 is 1.33 bits per heavy atom. The van der Waals surface area contributed by atoms with Gasteiger partial charge in [0.15, 0.2) is 0 Å². The third-order valence-corrected chi connectivity index (χ3v) is 4.23. The summed E-state index contributed by atoms with van der Waals surface area (Å²) < 4.78 is 5.67. The van der Waals surface area contributed by atoms with Gasteiger partial charge in [-0.25, -0.2) is 0 Å². The van der Waals surface area contributed by atoms with Crippen LogP contribution in [-0.2, 0) is 4.74 Å². The first-order chi connectivity index (χ1) is 7.29. The number of rotatable bonds is 4. The van der Waals surface area contributed by atoms with Gasteiger partial charge in [0.2, 0.25) is 0 Å². The standard InChI is InChI=1S/C13H25NO/c1-10-7-12(9-15-10)13(14-2)8-11-5-3-4-6-11/h10-14H,3-9H2,1-2H3. The summed E-state index contributed by atoms with van der Waals surface area (Å²) >= 11 is 0. The van der Waals surface area contributed by atoms with Gasteiger partial charge in [0, 0.05) is 12.0 Å². The van der Waals surface area contributed by atoms with E-state index in [-0.39, 0.29) is 0 Å². The Morgan fingerprint density at radius 3 is 2.60 bits per heavy atom. The van der Waals surface area contributed by atoms with Crippen molar-refractivity contribution in [3.05, 3.63) is 0 Å². The Morgan fingerprint density at radius 2 is 2.07 bits per heavy atom. The molecule has 0 aromatic heterocycles. The minimum atomic E-state index is 0.481. The van der Waals surface area contributed by atoms with E-state index in [1.54, 1.807) is 0 Å². The Hall–Kier alpha value is -0.0800. The highest BCUT2D eigenvalue weighted by atomic mass is 16.5. The maximum atomic E-state index is 5.67. The SMILES string of the molecule is CNC(CC1CCCC1)C1COC(C)C1. The fourth-order valence-corrected chi connectivity index (χ4v) is 3.28. The van der Waals surface area contributed by atoms with Crippen molar-refractivity contribution in [3.63, 3.8) is 0 Å². The lowest BCUT2D eigenvalue weighted by Crippen LogP contribution is -2.35. The second-order valence-electron chi connectivity index (χ2n) is 5.42. The number of nitrogens with one attached hydrogen (secondary N) is 1. The van der Waals surface area contributed by atoms with Crippen molar-refractivity contribution in [2.24, 2.45) is 11.8 Å². The van der Waals surface area contributed by atoms with E-state index in [1.165, 1.54) is 38.5 Å². The smallest absolute Gasteiger partial charge is 0.0551 e. The predicted octanol–water partition coefficient (Wildman–Crippen LogP) is 2.58. The van der Waals surface area contributed by atoms with Crippen LogP contribution in [0, 0.1) is 11.8 Å². The van der Waals surface area contributed by atoms with E-state index in [2.05, 4.69) is 19.3 Å². The van der Waals surface area contributed by atoms with E-state index >= 15 is 0 Å². The van der Waals surface area contributed by atoms with Crippen LogP contribution in [0.4, 0.5) is 0 Å². The highest BCUT2D eigenvalue weighted by Gasteiger charge is 2.30. The van der Waals surface area contributed by atoms with E-state index < -0.39 is 0 Å². The minimum Gasteiger partial charge on any atom is -0.378 e. The van der Waals surface area contributed by atoms with E-state index in [1.807, 2.05) is 0 Å². The molecule has 1 saturated heterocycles. The molecule has 2 aliphatic rings. The molecule has 3 unspecified atom stereocenters. The first-order valence-electron chi connectivity index (χ1n) is 6.58. The largest absolute Gasteiger partial charge is 0.378 e. The first-order valence-corrected chi connectivity index (χ1v) is 6.58. The molecule has 2 rings (SSSR count). The van der Waals surface area contributed by atoms with Gasteiger partial charge in [-0.2, -0.15) is 0 Å². The molecule has 0 aromatic rings. The third-order valence-electron chi connectivity index (χ3n) is 4.23. The Labute approximate surface area is 93.8 Å². The average Bonchev–Trinajstić information content (AvgIpc) is 2.85. The lowest BCUT2D eigenvalue weighted by atomic mass is 9.88. The Kier molecular flexibility index (Phi) is 4.04. The topological polar surface area (TPSA) is 21.3 Å². The van der Waals surface area contributed by atoms with Crippen molar-refractivity contribution < 1.29 is 4.74 Å². The lowest BCUT2D eigenvalue weighted by molar-refractivity contribution is 0.116. The van der Waals surface area contributed by atoms with Gasteiger partial charge in [0.1, 0.15) is 0 Å². The van der Waals surface area contributed by atoms with Crippen LogP contribution in [0.5, 0.6) is 0 Å². The molecule has 2 fully saturated rings. The van der Waals surface area contributed by atoms with Gasteiger partial charge in [0.25, 0.3) is 0 Å². The van der Waals surface area contributed by atoms with E-state index in [9.17, 15) is 0 Å². The van der Waals surface area contributed by atoms with Crippen LogP contribution in [0.25, 0.3) is 0 Å². The molecule has 0 radical (unpaired) electrons. The Bertz CT molecular complexity index is 189. The molecule has 0 amide bonds. The summed E-state index contributed by atoms with van der Waals surface area (Å²) in [5, 5.41) is 3.51. The molecule has 15 heavy (non-hydrogen) atoms. The molecule has 0 bridgehead atoms. The van der Waals surface area contributed by atoms with Crippen molar-refractivity contribution in [2.45, 2.75) is 57.6 Å². The molecule has 88 valence electrons.